The summed E-state index contributed by atoms with van der Waals surface area (Å²) in [5.74, 6) is 1.39. The Bertz CT molecular complexity index is 411. The molecule has 112 valence electrons. The first-order valence-electron chi connectivity index (χ1n) is 7.31. The van der Waals surface area contributed by atoms with Gasteiger partial charge in [0, 0.05) is 6.61 Å². The smallest absolute Gasteiger partial charge is 0.161 e. The van der Waals surface area contributed by atoms with Gasteiger partial charge < -0.3 is 19.3 Å². The molecule has 1 aliphatic rings. The first kappa shape index (κ1) is 15.1. The standard InChI is InChI=1S/C16H24O4/c1-12(17)13-7-8-15(16(11-13)18-2)20-10-4-6-14-5-3-9-19-14/h7-8,11-12,14,17H,3-6,9-10H2,1-2H3/t12-,14?/m0/s1. The summed E-state index contributed by atoms with van der Waals surface area (Å²) in [5.41, 5.74) is 0.827. The van der Waals surface area contributed by atoms with E-state index in [1.54, 1.807) is 14.0 Å². The van der Waals surface area contributed by atoms with Gasteiger partial charge in [0.25, 0.3) is 0 Å². The molecule has 0 spiro atoms. The summed E-state index contributed by atoms with van der Waals surface area (Å²) in [5, 5.41) is 9.56. The zero-order valence-corrected chi connectivity index (χ0v) is 12.3. The number of rotatable bonds is 7. The van der Waals surface area contributed by atoms with Crippen molar-refractivity contribution in [1.82, 2.24) is 0 Å². The predicted molar refractivity (Wildman–Crippen MR) is 77.3 cm³/mol. The molecule has 1 aliphatic heterocycles. The van der Waals surface area contributed by atoms with E-state index in [-0.39, 0.29) is 0 Å². The minimum Gasteiger partial charge on any atom is -0.493 e. The van der Waals surface area contributed by atoms with Gasteiger partial charge in [-0.25, -0.2) is 0 Å². The van der Waals surface area contributed by atoms with Crippen molar-refractivity contribution in [3.8, 4) is 11.5 Å². The number of hydrogen-bond donors (Lipinski definition) is 1. The van der Waals surface area contributed by atoms with Gasteiger partial charge in [0.2, 0.25) is 0 Å². The van der Waals surface area contributed by atoms with Crippen molar-refractivity contribution in [3.63, 3.8) is 0 Å². The zero-order valence-electron chi connectivity index (χ0n) is 12.3. The Morgan fingerprint density at radius 2 is 2.25 bits per heavy atom. The van der Waals surface area contributed by atoms with Gasteiger partial charge >= 0.3 is 0 Å². The lowest BCUT2D eigenvalue weighted by Crippen LogP contribution is -2.08. The Labute approximate surface area is 120 Å². The predicted octanol–water partition coefficient (Wildman–Crippen LogP) is 3.09. The normalized spacial score (nSPS) is 19.9. The van der Waals surface area contributed by atoms with Crippen LogP contribution in [0, 0.1) is 0 Å². The van der Waals surface area contributed by atoms with Crippen molar-refractivity contribution in [3.05, 3.63) is 23.8 Å². The summed E-state index contributed by atoms with van der Waals surface area (Å²) >= 11 is 0. The van der Waals surface area contributed by atoms with E-state index in [1.165, 1.54) is 12.8 Å². The van der Waals surface area contributed by atoms with Crippen LogP contribution in [0.15, 0.2) is 18.2 Å². The van der Waals surface area contributed by atoms with Gasteiger partial charge in [-0.15, -0.1) is 0 Å². The number of aliphatic hydroxyl groups excluding tert-OH is 1. The fourth-order valence-electron chi connectivity index (χ4n) is 2.43. The van der Waals surface area contributed by atoms with Gasteiger partial charge in [0.15, 0.2) is 11.5 Å². The molecule has 0 aromatic heterocycles. The maximum absolute atomic E-state index is 9.56. The maximum Gasteiger partial charge on any atom is 0.161 e. The van der Waals surface area contributed by atoms with Crippen LogP contribution in [-0.4, -0.2) is 31.5 Å². The molecule has 0 radical (unpaired) electrons. The summed E-state index contributed by atoms with van der Waals surface area (Å²) < 4.78 is 16.7. The summed E-state index contributed by atoms with van der Waals surface area (Å²) in [6.45, 7) is 3.29. The largest absolute Gasteiger partial charge is 0.493 e. The van der Waals surface area contributed by atoms with E-state index < -0.39 is 6.10 Å². The number of benzene rings is 1. The molecule has 0 aliphatic carbocycles. The van der Waals surface area contributed by atoms with Crippen molar-refractivity contribution in [2.24, 2.45) is 0 Å². The Hall–Kier alpha value is -1.26. The third-order valence-electron chi connectivity index (χ3n) is 3.62. The van der Waals surface area contributed by atoms with E-state index in [2.05, 4.69) is 0 Å². The molecule has 1 aromatic carbocycles. The van der Waals surface area contributed by atoms with E-state index in [1.807, 2.05) is 18.2 Å². The van der Waals surface area contributed by atoms with Crippen LogP contribution in [0.2, 0.25) is 0 Å². The lowest BCUT2D eigenvalue weighted by atomic mass is 10.1. The lowest BCUT2D eigenvalue weighted by Gasteiger charge is -2.14. The Morgan fingerprint density at radius 3 is 2.90 bits per heavy atom. The molecule has 4 heteroatoms. The highest BCUT2D eigenvalue weighted by atomic mass is 16.5. The van der Waals surface area contributed by atoms with E-state index in [4.69, 9.17) is 14.2 Å². The van der Waals surface area contributed by atoms with Gasteiger partial charge in [-0.2, -0.15) is 0 Å². The van der Waals surface area contributed by atoms with Crippen LogP contribution in [0.1, 0.15) is 44.3 Å². The fourth-order valence-corrected chi connectivity index (χ4v) is 2.43. The van der Waals surface area contributed by atoms with Crippen molar-refractivity contribution in [2.75, 3.05) is 20.3 Å². The van der Waals surface area contributed by atoms with E-state index in [9.17, 15) is 5.11 Å². The molecule has 1 N–H and O–H groups in total. The second-order valence-electron chi connectivity index (χ2n) is 5.21. The zero-order chi connectivity index (χ0) is 14.4. The van der Waals surface area contributed by atoms with Crippen LogP contribution in [-0.2, 0) is 4.74 Å². The average Bonchev–Trinajstić information content (AvgIpc) is 2.96. The average molecular weight is 280 g/mol. The Morgan fingerprint density at radius 1 is 1.40 bits per heavy atom. The number of hydrogen-bond acceptors (Lipinski definition) is 4. The number of ether oxygens (including phenoxy) is 3. The molecule has 20 heavy (non-hydrogen) atoms. The molecular formula is C16H24O4. The second-order valence-corrected chi connectivity index (χ2v) is 5.21. The molecule has 4 nitrogen and oxygen atoms in total. The van der Waals surface area contributed by atoms with E-state index in [0.29, 0.717) is 18.5 Å². The first-order chi connectivity index (χ1) is 9.70. The van der Waals surface area contributed by atoms with Crippen molar-refractivity contribution in [2.45, 2.75) is 44.8 Å². The summed E-state index contributed by atoms with van der Waals surface area (Å²) in [4.78, 5) is 0. The van der Waals surface area contributed by atoms with E-state index >= 15 is 0 Å². The van der Waals surface area contributed by atoms with Crippen molar-refractivity contribution < 1.29 is 19.3 Å². The monoisotopic (exact) mass is 280 g/mol. The van der Waals surface area contributed by atoms with Crippen LogP contribution < -0.4 is 9.47 Å². The van der Waals surface area contributed by atoms with Crippen LogP contribution in [0.25, 0.3) is 0 Å². The maximum atomic E-state index is 9.56. The van der Waals surface area contributed by atoms with E-state index in [0.717, 1.165) is 30.8 Å². The van der Waals surface area contributed by atoms with Crippen molar-refractivity contribution in [1.29, 1.82) is 0 Å². The fraction of sp³-hybridized carbons (Fsp3) is 0.625. The third-order valence-corrected chi connectivity index (χ3v) is 3.62. The molecule has 1 heterocycles. The second kappa shape index (κ2) is 7.50. The molecule has 0 saturated carbocycles. The summed E-state index contributed by atoms with van der Waals surface area (Å²) in [7, 11) is 1.61. The van der Waals surface area contributed by atoms with Gasteiger partial charge in [-0.1, -0.05) is 6.07 Å². The Kier molecular flexibility index (Phi) is 5.68. The molecule has 1 saturated heterocycles. The van der Waals surface area contributed by atoms with Crippen LogP contribution in [0.4, 0.5) is 0 Å². The number of methoxy groups -OCH3 is 1. The topological polar surface area (TPSA) is 47.9 Å². The molecule has 1 fully saturated rings. The highest BCUT2D eigenvalue weighted by molar-refractivity contribution is 5.43. The van der Waals surface area contributed by atoms with Crippen LogP contribution in [0.5, 0.6) is 11.5 Å². The minimum absolute atomic E-state index is 0.415. The molecule has 2 atom stereocenters. The molecular weight excluding hydrogens is 256 g/mol. The molecule has 1 aromatic rings. The highest BCUT2D eigenvalue weighted by Gasteiger charge is 2.15. The lowest BCUT2D eigenvalue weighted by molar-refractivity contribution is 0.0979. The highest BCUT2D eigenvalue weighted by Crippen LogP contribution is 2.30. The van der Waals surface area contributed by atoms with Gasteiger partial charge in [0.1, 0.15) is 0 Å². The molecule has 2 rings (SSSR count). The quantitative estimate of drug-likeness (QED) is 0.780. The minimum atomic E-state index is -0.502. The first-order valence-corrected chi connectivity index (χ1v) is 7.31. The number of aliphatic hydroxyl groups is 1. The van der Waals surface area contributed by atoms with Gasteiger partial charge in [-0.05, 0) is 50.3 Å². The third kappa shape index (κ3) is 4.12. The van der Waals surface area contributed by atoms with Crippen LogP contribution in [0.3, 0.4) is 0 Å². The van der Waals surface area contributed by atoms with Crippen LogP contribution >= 0.6 is 0 Å². The SMILES string of the molecule is COc1cc([C@H](C)O)ccc1OCCCC1CCCO1. The molecule has 0 amide bonds. The molecule has 0 bridgehead atoms. The Balaban J connectivity index is 1.82. The van der Waals surface area contributed by atoms with Gasteiger partial charge in [0.05, 0.1) is 25.9 Å². The van der Waals surface area contributed by atoms with Gasteiger partial charge in [-0.3, -0.25) is 0 Å². The summed E-state index contributed by atoms with van der Waals surface area (Å²) in [6, 6.07) is 5.54. The van der Waals surface area contributed by atoms with Crippen molar-refractivity contribution >= 4 is 0 Å². The summed E-state index contributed by atoms with van der Waals surface area (Å²) in [6.07, 6.45) is 4.29. The molecule has 1 unspecified atom stereocenters.